The first kappa shape index (κ1) is 16.3. The zero-order chi connectivity index (χ0) is 15.2. The highest BCUT2D eigenvalue weighted by Gasteiger charge is 2.23. The minimum atomic E-state index is -0.295. The Morgan fingerprint density at radius 1 is 1.52 bits per heavy atom. The molecule has 21 heavy (non-hydrogen) atoms. The first-order chi connectivity index (χ1) is 10.1. The molecule has 0 saturated carbocycles. The van der Waals surface area contributed by atoms with Crippen LogP contribution in [0.2, 0.25) is 0 Å². The normalized spacial score (nSPS) is 21.7. The van der Waals surface area contributed by atoms with Crippen LogP contribution < -0.4 is 5.32 Å². The molecule has 1 aliphatic heterocycles. The molecule has 2 heterocycles. The van der Waals surface area contributed by atoms with Crippen molar-refractivity contribution in [3.63, 3.8) is 0 Å². The van der Waals surface area contributed by atoms with E-state index in [1.165, 1.54) is 18.7 Å². The summed E-state index contributed by atoms with van der Waals surface area (Å²) in [6, 6.07) is 3.35. The predicted octanol–water partition coefficient (Wildman–Crippen LogP) is 2.23. The van der Waals surface area contributed by atoms with Crippen LogP contribution in [0, 0.1) is 11.7 Å². The van der Waals surface area contributed by atoms with E-state index in [2.05, 4.69) is 29.2 Å². The average Bonchev–Trinajstić information content (AvgIpc) is 2.94. The van der Waals surface area contributed by atoms with Gasteiger partial charge in [0.05, 0.1) is 24.0 Å². The smallest absolute Gasteiger partial charge is 0.141 e. The van der Waals surface area contributed by atoms with E-state index in [0.29, 0.717) is 12.0 Å². The van der Waals surface area contributed by atoms with Gasteiger partial charge in [-0.3, -0.25) is 4.98 Å². The van der Waals surface area contributed by atoms with Crippen molar-refractivity contribution in [2.75, 3.05) is 33.8 Å². The quantitative estimate of drug-likeness (QED) is 0.837. The van der Waals surface area contributed by atoms with E-state index < -0.39 is 0 Å². The molecule has 1 saturated heterocycles. The number of likely N-dealkylation sites (N-methyl/N-ethyl adjacent to an activating group) is 1. The number of rotatable bonds is 7. The third-order valence-electron chi connectivity index (χ3n) is 4.09. The fourth-order valence-corrected chi connectivity index (χ4v) is 3.10. The summed E-state index contributed by atoms with van der Waals surface area (Å²) < 4.78 is 18.7. The number of hydrogen-bond donors (Lipinski definition) is 1. The van der Waals surface area contributed by atoms with Crippen LogP contribution >= 0.6 is 0 Å². The number of pyridine rings is 1. The maximum absolute atomic E-state index is 13.0. The molecule has 0 spiro atoms. The summed E-state index contributed by atoms with van der Waals surface area (Å²) in [5, 5.41) is 3.29. The van der Waals surface area contributed by atoms with Gasteiger partial charge in [0, 0.05) is 19.7 Å². The average molecular weight is 295 g/mol. The SMILES string of the molecule is CNC(c1ccc(F)cn1)C(C)CN(C)CC1CCCO1. The van der Waals surface area contributed by atoms with Crippen molar-refractivity contribution in [2.24, 2.45) is 5.92 Å². The maximum atomic E-state index is 13.0. The van der Waals surface area contributed by atoms with E-state index in [0.717, 1.165) is 31.8 Å². The largest absolute Gasteiger partial charge is 0.377 e. The van der Waals surface area contributed by atoms with Crippen LogP contribution in [0.1, 0.15) is 31.5 Å². The lowest BCUT2D eigenvalue weighted by atomic mass is 9.97. The number of nitrogens with one attached hydrogen (secondary N) is 1. The maximum Gasteiger partial charge on any atom is 0.141 e. The van der Waals surface area contributed by atoms with Crippen molar-refractivity contribution in [3.8, 4) is 0 Å². The third kappa shape index (κ3) is 4.73. The first-order valence-electron chi connectivity index (χ1n) is 7.69. The zero-order valence-electron chi connectivity index (χ0n) is 13.2. The molecule has 1 aromatic heterocycles. The van der Waals surface area contributed by atoms with Crippen LogP contribution in [0.25, 0.3) is 0 Å². The summed E-state index contributed by atoms with van der Waals surface area (Å²) in [4.78, 5) is 6.51. The van der Waals surface area contributed by atoms with Crippen molar-refractivity contribution >= 4 is 0 Å². The summed E-state index contributed by atoms with van der Waals surface area (Å²) >= 11 is 0. The summed E-state index contributed by atoms with van der Waals surface area (Å²) in [5.74, 6) is 0.0797. The Balaban J connectivity index is 1.89. The molecule has 1 aliphatic rings. The molecule has 4 nitrogen and oxygen atoms in total. The second kappa shape index (κ2) is 7.82. The number of hydrogen-bond acceptors (Lipinski definition) is 4. The molecule has 1 aromatic rings. The van der Waals surface area contributed by atoms with Gasteiger partial charge in [0.1, 0.15) is 5.82 Å². The minimum Gasteiger partial charge on any atom is -0.377 e. The Hall–Kier alpha value is -1.04. The molecular weight excluding hydrogens is 269 g/mol. The van der Waals surface area contributed by atoms with Gasteiger partial charge in [0.2, 0.25) is 0 Å². The van der Waals surface area contributed by atoms with Gasteiger partial charge >= 0.3 is 0 Å². The van der Waals surface area contributed by atoms with Crippen LogP contribution in [-0.2, 0) is 4.74 Å². The highest BCUT2D eigenvalue weighted by molar-refractivity contribution is 5.10. The van der Waals surface area contributed by atoms with Crippen LogP contribution in [0.5, 0.6) is 0 Å². The molecule has 3 atom stereocenters. The van der Waals surface area contributed by atoms with Crippen LogP contribution in [0.4, 0.5) is 4.39 Å². The lowest BCUT2D eigenvalue weighted by molar-refractivity contribution is 0.0754. The van der Waals surface area contributed by atoms with Gasteiger partial charge in [0.15, 0.2) is 0 Å². The molecule has 1 N–H and O–H groups in total. The van der Waals surface area contributed by atoms with Crippen molar-refractivity contribution in [1.82, 2.24) is 15.2 Å². The molecule has 5 heteroatoms. The number of nitrogens with zero attached hydrogens (tertiary/aromatic N) is 2. The monoisotopic (exact) mass is 295 g/mol. The molecule has 3 unspecified atom stereocenters. The molecule has 0 amide bonds. The predicted molar refractivity (Wildman–Crippen MR) is 81.6 cm³/mol. The van der Waals surface area contributed by atoms with E-state index in [9.17, 15) is 4.39 Å². The Labute approximate surface area is 126 Å². The lowest BCUT2D eigenvalue weighted by Crippen LogP contribution is -2.36. The highest BCUT2D eigenvalue weighted by atomic mass is 19.1. The van der Waals surface area contributed by atoms with Crippen LogP contribution in [-0.4, -0.2) is 49.8 Å². The van der Waals surface area contributed by atoms with Gasteiger partial charge in [-0.2, -0.15) is 0 Å². The Morgan fingerprint density at radius 3 is 2.90 bits per heavy atom. The van der Waals surface area contributed by atoms with Crippen molar-refractivity contribution < 1.29 is 9.13 Å². The fourth-order valence-electron chi connectivity index (χ4n) is 3.10. The first-order valence-corrected chi connectivity index (χ1v) is 7.69. The summed E-state index contributed by atoms with van der Waals surface area (Å²) in [7, 11) is 4.05. The molecule has 0 aromatic carbocycles. The Kier molecular flexibility index (Phi) is 6.08. The van der Waals surface area contributed by atoms with Gasteiger partial charge in [-0.25, -0.2) is 4.39 Å². The van der Waals surface area contributed by atoms with E-state index in [-0.39, 0.29) is 11.9 Å². The number of halogens is 1. The van der Waals surface area contributed by atoms with E-state index in [1.807, 2.05) is 7.05 Å². The van der Waals surface area contributed by atoms with Gasteiger partial charge in [-0.15, -0.1) is 0 Å². The molecule has 0 radical (unpaired) electrons. The standard InChI is InChI=1S/C16H26FN3O/c1-12(10-20(3)11-14-5-4-8-21-14)16(18-2)15-7-6-13(17)9-19-15/h6-7,9,12,14,16,18H,4-5,8,10-11H2,1-3H3. The topological polar surface area (TPSA) is 37.4 Å². The Bertz CT molecular complexity index is 420. The molecule has 0 aliphatic carbocycles. The van der Waals surface area contributed by atoms with Crippen LogP contribution in [0.15, 0.2) is 18.3 Å². The van der Waals surface area contributed by atoms with E-state index in [1.54, 1.807) is 6.07 Å². The minimum absolute atomic E-state index is 0.123. The fraction of sp³-hybridized carbons (Fsp3) is 0.688. The van der Waals surface area contributed by atoms with Gasteiger partial charge in [0.25, 0.3) is 0 Å². The molecule has 2 rings (SSSR count). The highest BCUT2D eigenvalue weighted by Crippen LogP contribution is 2.21. The Morgan fingerprint density at radius 2 is 2.33 bits per heavy atom. The van der Waals surface area contributed by atoms with Crippen molar-refractivity contribution in [2.45, 2.75) is 31.9 Å². The third-order valence-corrected chi connectivity index (χ3v) is 4.09. The van der Waals surface area contributed by atoms with E-state index >= 15 is 0 Å². The molecule has 0 bridgehead atoms. The molecule has 1 fully saturated rings. The molecule has 118 valence electrons. The van der Waals surface area contributed by atoms with E-state index in [4.69, 9.17) is 4.74 Å². The summed E-state index contributed by atoms with van der Waals surface area (Å²) in [6.45, 7) is 5.01. The van der Waals surface area contributed by atoms with Gasteiger partial charge in [-0.05, 0) is 45.0 Å². The van der Waals surface area contributed by atoms with Crippen molar-refractivity contribution in [1.29, 1.82) is 0 Å². The van der Waals surface area contributed by atoms with Crippen LogP contribution in [0.3, 0.4) is 0 Å². The molecular formula is C16H26FN3O. The van der Waals surface area contributed by atoms with Gasteiger partial charge in [-0.1, -0.05) is 6.92 Å². The number of ether oxygens (including phenoxy) is 1. The number of aromatic nitrogens is 1. The zero-order valence-corrected chi connectivity index (χ0v) is 13.2. The second-order valence-corrected chi connectivity index (χ2v) is 6.00. The summed E-state index contributed by atoms with van der Waals surface area (Å²) in [5.41, 5.74) is 0.886. The second-order valence-electron chi connectivity index (χ2n) is 6.00. The van der Waals surface area contributed by atoms with Crippen molar-refractivity contribution in [3.05, 3.63) is 29.8 Å². The summed E-state index contributed by atoms with van der Waals surface area (Å²) in [6.07, 6.45) is 3.99. The lowest BCUT2D eigenvalue weighted by Gasteiger charge is -2.28. The van der Waals surface area contributed by atoms with Gasteiger partial charge < -0.3 is 15.0 Å².